The van der Waals surface area contributed by atoms with Gasteiger partial charge >= 0.3 is 0 Å². The van der Waals surface area contributed by atoms with Gasteiger partial charge < -0.3 is 24.6 Å². The first kappa shape index (κ1) is 22.6. The molecular weight excluding hydrogens is 396 g/mol. The number of hydrogen-bond acceptors (Lipinski definition) is 6. The molecule has 0 aliphatic carbocycles. The average Bonchev–Trinajstić information content (AvgIpc) is 2.76. The molecule has 2 aromatic rings. The fourth-order valence-corrected chi connectivity index (χ4v) is 3.23. The number of para-hydroxylation sites is 2. The molecule has 0 spiro atoms. The van der Waals surface area contributed by atoms with Gasteiger partial charge in [-0.1, -0.05) is 12.1 Å². The molecule has 8 nitrogen and oxygen atoms in total. The summed E-state index contributed by atoms with van der Waals surface area (Å²) in [5, 5.41) is 2.87. The maximum Gasteiger partial charge on any atom is 0.259 e. The third kappa shape index (κ3) is 6.68. The number of nitrogens with zero attached hydrogens (tertiary/aromatic N) is 3. The Morgan fingerprint density at radius 2 is 1.94 bits per heavy atom. The second-order valence-corrected chi connectivity index (χ2v) is 7.69. The van der Waals surface area contributed by atoms with Crippen LogP contribution in [0, 0.1) is 0 Å². The maximum absolute atomic E-state index is 13.4. The number of benzene rings is 1. The molecule has 0 fully saturated rings. The standard InChI is InChI=1S/C23H30N4O4/c1-26(2)15-13-24-21(28)17-27-14-6-3-7-16-30-19-10-4-5-11-20(19)31-22-18(23(27)29)9-8-12-25-22/h4-5,8-12H,3,6-7,13-17H2,1-2H3,(H,24,28). The van der Waals surface area contributed by atoms with Crippen LogP contribution in [0.2, 0.25) is 0 Å². The normalized spacial score (nSPS) is 14.8. The van der Waals surface area contributed by atoms with Crippen LogP contribution in [0.1, 0.15) is 29.6 Å². The van der Waals surface area contributed by atoms with Crippen LogP contribution >= 0.6 is 0 Å². The van der Waals surface area contributed by atoms with Crippen LogP contribution < -0.4 is 14.8 Å². The Morgan fingerprint density at radius 1 is 1.13 bits per heavy atom. The SMILES string of the molecule is CN(C)CCNC(=O)CN1CCCCCOc2ccccc2Oc2ncccc2C1=O. The van der Waals surface area contributed by atoms with Crippen molar-refractivity contribution in [3.63, 3.8) is 0 Å². The quantitative estimate of drug-likeness (QED) is 0.791. The molecule has 0 bridgehead atoms. The lowest BCUT2D eigenvalue weighted by atomic mass is 10.2. The molecule has 31 heavy (non-hydrogen) atoms. The molecule has 0 unspecified atom stereocenters. The van der Waals surface area contributed by atoms with E-state index in [1.165, 1.54) is 0 Å². The third-order valence-electron chi connectivity index (χ3n) is 4.89. The van der Waals surface area contributed by atoms with E-state index in [0.717, 1.165) is 25.8 Å². The summed E-state index contributed by atoms with van der Waals surface area (Å²) < 4.78 is 11.9. The summed E-state index contributed by atoms with van der Waals surface area (Å²) in [4.78, 5) is 33.6. The van der Waals surface area contributed by atoms with Crippen molar-refractivity contribution in [2.24, 2.45) is 0 Å². The van der Waals surface area contributed by atoms with E-state index in [-0.39, 0.29) is 24.2 Å². The number of aromatic nitrogens is 1. The first-order valence-corrected chi connectivity index (χ1v) is 10.6. The predicted octanol–water partition coefficient (Wildman–Crippen LogP) is 2.56. The molecule has 0 saturated carbocycles. The molecule has 166 valence electrons. The first-order chi connectivity index (χ1) is 15.0. The molecule has 1 aromatic carbocycles. The third-order valence-corrected chi connectivity index (χ3v) is 4.89. The van der Waals surface area contributed by atoms with Gasteiger partial charge in [0.15, 0.2) is 11.5 Å². The van der Waals surface area contributed by atoms with Gasteiger partial charge in [-0.2, -0.15) is 0 Å². The topological polar surface area (TPSA) is 84.0 Å². The maximum atomic E-state index is 13.4. The minimum atomic E-state index is -0.275. The molecule has 1 N–H and O–H groups in total. The van der Waals surface area contributed by atoms with Crippen molar-refractivity contribution in [3.8, 4) is 17.4 Å². The van der Waals surface area contributed by atoms with Crippen molar-refractivity contribution in [2.45, 2.75) is 19.3 Å². The fourth-order valence-electron chi connectivity index (χ4n) is 3.23. The van der Waals surface area contributed by atoms with Gasteiger partial charge in [-0.3, -0.25) is 9.59 Å². The Bertz CT molecular complexity index is 887. The molecular formula is C23H30N4O4. The number of likely N-dealkylation sites (N-methyl/N-ethyl adjacent to an activating group) is 1. The average molecular weight is 427 g/mol. The van der Waals surface area contributed by atoms with Crippen LogP contribution in [0.3, 0.4) is 0 Å². The van der Waals surface area contributed by atoms with Crippen molar-refractivity contribution < 1.29 is 19.1 Å². The highest BCUT2D eigenvalue weighted by Gasteiger charge is 2.23. The Hall–Kier alpha value is -3.13. The smallest absolute Gasteiger partial charge is 0.259 e. The lowest BCUT2D eigenvalue weighted by molar-refractivity contribution is -0.121. The molecule has 0 radical (unpaired) electrons. The van der Waals surface area contributed by atoms with E-state index in [1.807, 2.05) is 37.2 Å². The van der Waals surface area contributed by atoms with E-state index in [0.29, 0.717) is 36.8 Å². The van der Waals surface area contributed by atoms with E-state index < -0.39 is 0 Å². The Morgan fingerprint density at radius 3 is 2.74 bits per heavy atom. The number of fused-ring (bicyclic) bond motifs is 2. The summed E-state index contributed by atoms with van der Waals surface area (Å²) in [6.07, 6.45) is 4.08. The second-order valence-electron chi connectivity index (χ2n) is 7.69. The number of pyridine rings is 1. The zero-order chi connectivity index (χ0) is 22.1. The number of carbonyl (C=O) groups is 2. The summed E-state index contributed by atoms with van der Waals surface area (Å²) in [6.45, 7) is 2.28. The van der Waals surface area contributed by atoms with E-state index in [2.05, 4.69) is 10.3 Å². The van der Waals surface area contributed by atoms with E-state index >= 15 is 0 Å². The minimum absolute atomic E-state index is 0.00627. The number of nitrogens with one attached hydrogen (secondary N) is 1. The van der Waals surface area contributed by atoms with Crippen LogP contribution in [0.25, 0.3) is 0 Å². The van der Waals surface area contributed by atoms with Crippen molar-refractivity contribution in [1.29, 1.82) is 0 Å². The van der Waals surface area contributed by atoms with Gasteiger partial charge in [0.2, 0.25) is 11.8 Å². The first-order valence-electron chi connectivity index (χ1n) is 10.6. The molecule has 8 heteroatoms. The van der Waals surface area contributed by atoms with Crippen LogP contribution in [-0.4, -0.2) is 73.5 Å². The Labute approximate surface area is 183 Å². The Balaban J connectivity index is 1.82. The van der Waals surface area contributed by atoms with Gasteiger partial charge in [0.05, 0.1) is 13.2 Å². The lowest BCUT2D eigenvalue weighted by Gasteiger charge is -2.23. The highest BCUT2D eigenvalue weighted by molar-refractivity contribution is 5.98. The lowest BCUT2D eigenvalue weighted by Crippen LogP contribution is -2.42. The fraction of sp³-hybridized carbons (Fsp3) is 0.435. The van der Waals surface area contributed by atoms with Gasteiger partial charge in [0.1, 0.15) is 5.56 Å². The molecule has 3 rings (SSSR count). The molecule has 1 aromatic heterocycles. The molecule has 0 saturated heterocycles. The molecule has 1 aliphatic heterocycles. The van der Waals surface area contributed by atoms with Crippen LogP contribution in [-0.2, 0) is 4.79 Å². The zero-order valence-electron chi connectivity index (χ0n) is 18.2. The van der Waals surface area contributed by atoms with Crippen LogP contribution in [0.4, 0.5) is 0 Å². The summed E-state index contributed by atoms with van der Waals surface area (Å²) in [7, 11) is 3.89. The summed E-state index contributed by atoms with van der Waals surface area (Å²) in [5.74, 6) is 0.856. The predicted molar refractivity (Wildman–Crippen MR) is 118 cm³/mol. The number of amides is 2. The van der Waals surface area contributed by atoms with Gasteiger partial charge in [0, 0.05) is 25.8 Å². The number of ether oxygens (including phenoxy) is 2. The highest BCUT2D eigenvalue weighted by Crippen LogP contribution is 2.32. The van der Waals surface area contributed by atoms with Crippen LogP contribution in [0.5, 0.6) is 17.4 Å². The number of carbonyl (C=O) groups excluding carboxylic acids is 2. The van der Waals surface area contributed by atoms with Crippen molar-refractivity contribution >= 4 is 11.8 Å². The monoisotopic (exact) mass is 426 g/mol. The van der Waals surface area contributed by atoms with Gasteiger partial charge in [0.25, 0.3) is 5.91 Å². The largest absolute Gasteiger partial charge is 0.490 e. The van der Waals surface area contributed by atoms with E-state index in [4.69, 9.17) is 9.47 Å². The molecule has 2 heterocycles. The van der Waals surface area contributed by atoms with Crippen LogP contribution in [0.15, 0.2) is 42.6 Å². The van der Waals surface area contributed by atoms with E-state index in [1.54, 1.807) is 29.3 Å². The molecule has 2 amide bonds. The molecule has 1 aliphatic rings. The van der Waals surface area contributed by atoms with Gasteiger partial charge in [-0.25, -0.2) is 4.98 Å². The Kier molecular flexibility index (Phi) is 8.23. The van der Waals surface area contributed by atoms with Crippen molar-refractivity contribution in [3.05, 3.63) is 48.2 Å². The van der Waals surface area contributed by atoms with E-state index in [9.17, 15) is 9.59 Å². The van der Waals surface area contributed by atoms with Crippen molar-refractivity contribution in [2.75, 3.05) is 46.9 Å². The highest BCUT2D eigenvalue weighted by atomic mass is 16.5. The zero-order valence-corrected chi connectivity index (χ0v) is 18.2. The molecule has 0 atom stereocenters. The summed E-state index contributed by atoms with van der Waals surface area (Å²) in [6, 6.07) is 10.7. The second kappa shape index (κ2) is 11.3. The van der Waals surface area contributed by atoms with Crippen molar-refractivity contribution in [1.82, 2.24) is 20.1 Å². The minimum Gasteiger partial charge on any atom is -0.490 e. The van der Waals surface area contributed by atoms with Gasteiger partial charge in [-0.05, 0) is 57.6 Å². The number of hydrogen-bond donors (Lipinski definition) is 1. The van der Waals surface area contributed by atoms with Gasteiger partial charge in [-0.15, -0.1) is 0 Å². The summed E-state index contributed by atoms with van der Waals surface area (Å²) in [5.41, 5.74) is 0.317. The number of rotatable bonds is 5. The summed E-state index contributed by atoms with van der Waals surface area (Å²) >= 11 is 0.